The Hall–Kier alpha value is -1.10. The molecule has 0 amide bonds. The zero-order chi connectivity index (χ0) is 12.7. The highest BCUT2D eigenvalue weighted by Gasteiger charge is 2.30. The summed E-state index contributed by atoms with van der Waals surface area (Å²) in [7, 11) is 0. The smallest absolute Gasteiger partial charge is 0.197 e. The van der Waals surface area contributed by atoms with E-state index in [0.29, 0.717) is 6.07 Å². The predicted octanol–water partition coefficient (Wildman–Crippen LogP) is 3.32. The zero-order valence-corrected chi connectivity index (χ0v) is 9.11. The van der Waals surface area contributed by atoms with Crippen LogP contribution in [0.5, 0.6) is 0 Å². The Morgan fingerprint density at radius 2 is 1.50 bits per heavy atom. The van der Waals surface area contributed by atoms with Gasteiger partial charge in [-0.2, -0.15) is 0 Å². The monoisotopic (exact) mass is 236 g/mol. The first-order chi connectivity index (χ1) is 7.16. The lowest BCUT2D eigenvalue weighted by Gasteiger charge is -2.26. The van der Waals surface area contributed by atoms with Gasteiger partial charge in [-0.25, -0.2) is 17.6 Å². The lowest BCUT2D eigenvalue weighted by atomic mass is 9.84. The molecule has 1 unspecified atom stereocenters. The summed E-state index contributed by atoms with van der Waals surface area (Å²) in [6.45, 7) is 4.70. The van der Waals surface area contributed by atoms with Gasteiger partial charge in [0.25, 0.3) is 0 Å². The Balaban J connectivity index is 3.36. The average molecular weight is 236 g/mol. The molecule has 1 aromatic rings. The number of rotatable bonds is 1. The Bertz CT molecular complexity index is 409. The second-order valence-electron chi connectivity index (χ2n) is 4.66. The summed E-state index contributed by atoms with van der Waals surface area (Å²) >= 11 is 0. The molecule has 0 spiro atoms. The van der Waals surface area contributed by atoms with E-state index in [0.717, 1.165) is 0 Å². The van der Waals surface area contributed by atoms with Crippen LogP contribution in [0.4, 0.5) is 17.6 Å². The van der Waals surface area contributed by atoms with Crippen LogP contribution < -0.4 is 0 Å². The molecule has 16 heavy (non-hydrogen) atoms. The maximum atomic E-state index is 13.3. The minimum atomic E-state index is -1.90. The molecule has 0 saturated carbocycles. The molecular weight excluding hydrogens is 224 g/mol. The summed E-state index contributed by atoms with van der Waals surface area (Å²) in [6.07, 6.45) is -1.42. The first kappa shape index (κ1) is 13.0. The second-order valence-corrected chi connectivity index (χ2v) is 4.66. The molecule has 0 bridgehead atoms. The third-order valence-electron chi connectivity index (χ3n) is 2.25. The summed E-state index contributed by atoms with van der Waals surface area (Å²) in [5.74, 6) is -6.85. The Morgan fingerprint density at radius 1 is 1.00 bits per heavy atom. The van der Waals surface area contributed by atoms with Crippen molar-refractivity contribution in [2.45, 2.75) is 26.9 Å². The van der Waals surface area contributed by atoms with Gasteiger partial charge in [-0.3, -0.25) is 0 Å². The highest BCUT2D eigenvalue weighted by Crippen LogP contribution is 2.35. The minimum absolute atomic E-state index is 0.476. The van der Waals surface area contributed by atoms with Crippen molar-refractivity contribution in [2.75, 3.05) is 0 Å². The molecule has 90 valence electrons. The molecule has 1 rings (SSSR count). The van der Waals surface area contributed by atoms with E-state index in [9.17, 15) is 22.7 Å². The first-order valence-corrected chi connectivity index (χ1v) is 4.67. The van der Waals surface area contributed by atoms with Crippen molar-refractivity contribution in [3.63, 3.8) is 0 Å². The zero-order valence-electron chi connectivity index (χ0n) is 9.11. The van der Waals surface area contributed by atoms with E-state index in [1.165, 1.54) is 0 Å². The van der Waals surface area contributed by atoms with Crippen molar-refractivity contribution in [3.05, 3.63) is 34.9 Å². The fraction of sp³-hybridized carbons (Fsp3) is 0.455. The highest BCUT2D eigenvalue weighted by molar-refractivity contribution is 5.25. The molecule has 5 heteroatoms. The molecule has 0 saturated heterocycles. The van der Waals surface area contributed by atoms with Crippen molar-refractivity contribution in [2.24, 2.45) is 5.41 Å². The van der Waals surface area contributed by atoms with E-state index in [2.05, 4.69) is 0 Å². The van der Waals surface area contributed by atoms with Crippen LogP contribution in [0.1, 0.15) is 32.4 Å². The van der Waals surface area contributed by atoms with Gasteiger partial charge in [-0.05, 0) is 11.5 Å². The van der Waals surface area contributed by atoms with E-state index in [4.69, 9.17) is 0 Å². The Labute approximate surface area is 90.7 Å². The van der Waals surface area contributed by atoms with Crippen LogP contribution in [-0.2, 0) is 0 Å². The van der Waals surface area contributed by atoms with Gasteiger partial charge in [0.1, 0.15) is 0 Å². The molecule has 0 aliphatic heterocycles. The third-order valence-corrected chi connectivity index (χ3v) is 2.25. The maximum absolute atomic E-state index is 13.3. The second kappa shape index (κ2) is 4.05. The van der Waals surface area contributed by atoms with Gasteiger partial charge in [-0.1, -0.05) is 20.8 Å². The van der Waals surface area contributed by atoms with Crippen molar-refractivity contribution in [1.29, 1.82) is 0 Å². The largest absolute Gasteiger partial charge is 0.388 e. The summed E-state index contributed by atoms with van der Waals surface area (Å²) in [4.78, 5) is 0. The quantitative estimate of drug-likeness (QED) is 0.450. The van der Waals surface area contributed by atoms with E-state index in [1.54, 1.807) is 20.8 Å². The van der Waals surface area contributed by atoms with Crippen LogP contribution in [0.2, 0.25) is 0 Å². The molecule has 0 fully saturated rings. The fourth-order valence-corrected chi connectivity index (χ4v) is 1.26. The molecule has 0 radical (unpaired) electrons. The summed E-state index contributed by atoms with van der Waals surface area (Å²) in [5, 5.41) is 9.68. The minimum Gasteiger partial charge on any atom is -0.388 e. The lowest BCUT2D eigenvalue weighted by molar-refractivity contribution is 0.0582. The van der Waals surface area contributed by atoms with Gasteiger partial charge in [0.2, 0.25) is 0 Å². The lowest BCUT2D eigenvalue weighted by Crippen LogP contribution is -2.20. The van der Waals surface area contributed by atoms with Crippen LogP contribution in [0, 0.1) is 28.7 Å². The maximum Gasteiger partial charge on any atom is 0.197 e. The number of aliphatic hydroxyl groups excluding tert-OH is 1. The van der Waals surface area contributed by atoms with Gasteiger partial charge in [0.15, 0.2) is 23.3 Å². The van der Waals surface area contributed by atoms with Crippen molar-refractivity contribution >= 4 is 0 Å². The molecule has 0 heterocycles. The van der Waals surface area contributed by atoms with Crippen LogP contribution in [0.15, 0.2) is 6.07 Å². The van der Waals surface area contributed by atoms with Crippen molar-refractivity contribution in [1.82, 2.24) is 0 Å². The van der Waals surface area contributed by atoms with Gasteiger partial charge in [0, 0.05) is 5.56 Å². The van der Waals surface area contributed by atoms with Gasteiger partial charge in [0.05, 0.1) is 6.10 Å². The fourth-order valence-electron chi connectivity index (χ4n) is 1.26. The van der Waals surface area contributed by atoms with Crippen LogP contribution in [-0.4, -0.2) is 5.11 Å². The topological polar surface area (TPSA) is 20.2 Å². The predicted molar refractivity (Wildman–Crippen MR) is 50.7 cm³/mol. The van der Waals surface area contributed by atoms with Crippen molar-refractivity contribution < 1.29 is 22.7 Å². The molecule has 1 N–H and O–H groups in total. The molecular formula is C11H12F4O. The number of aliphatic hydroxyl groups is 1. The Kier molecular flexibility index (Phi) is 3.28. The van der Waals surface area contributed by atoms with Crippen molar-refractivity contribution in [3.8, 4) is 0 Å². The molecule has 1 atom stereocenters. The molecule has 1 aromatic carbocycles. The standard InChI is InChI=1S/C11H12F4O/c1-11(2,3)10(16)5-4-6(12)8(14)9(15)7(5)13/h4,10,16H,1-3H3. The molecule has 0 aliphatic carbocycles. The van der Waals surface area contributed by atoms with Crippen LogP contribution in [0.3, 0.4) is 0 Å². The number of benzene rings is 1. The van der Waals surface area contributed by atoms with E-state index < -0.39 is 40.4 Å². The van der Waals surface area contributed by atoms with E-state index in [1.807, 2.05) is 0 Å². The first-order valence-electron chi connectivity index (χ1n) is 4.67. The van der Waals surface area contributed by atoms with Gasteiger partial charge >= 0.3 is 0 Å². The molecule has 1 nitrogen and oxygen atoms in total. The molecule has 0 aromatic heterocycles. The van der Waals surface area contributed by atoms with E-state index >= 15 is 0 Å². The third kappa shape index (κ3) is 2.19. The van der Waals surface area contributed by atoms with Crippen LogP contribution in [0.25, 0.3) is 0 Å². The number of hydrogen-bond acceptors (Lipinski definition) is 1. The van der Waals surface area contributed by atoms with E-state index in [-0.39, 0.29) is 0 Å². The average Bonchev–Trinajstić information content (AvgIpc) is 2.18. The normalized spacial score (nSPS) is 14.0. The highest BCUT2D eigenvalue weighted by atomic mass is 19.2. The molecule has 0 aliphatic rings. The van der Waals surface area contributed by atoms with Crippen LogP contribution >= 0.6 is 0 Å². The SMILES string of the molecule is CC(C)(C)C(O)c1cc(F)c(F)c(F)c1F. The number of hydrogen-bond donors (Lipinski definition) is 1. The van der Waals surface area contributed by atoms with Gasteiger partial charge in [-0.15, -0.1) is 0 Å². The van der Waals surface area contributed by atoms with Gasteiger partial charge < -0.3 is 5.11 Å². The summed E-state index contributed by atoms with van der Waals surface area (Å²) in [6, 6.07) is 0.476. The Morgan fingerprint density at radius 3 is 1.94 bits per heavy atom. The summed E-state index contributed by atoms with van der Waals surface area (Å²) in [5.41, 5.74) is -1.39. The summed E-state index contributed by atoms with van der Waals surface area (Å²) < 4.78 is 51.7. The number of halogens is 4.